The van der Waals surface area contributed by atoms with Crippen molar-refractivity contribution in [3.8, 4) is 5.75 Å². The average molecular weight is 412 g/mol. The molecule has 0 spiro atoms. The number of carbonyl (C=O) groups is 1. The number of esters is 1. The number of halogens is 2. The summed E-state index contributed by atoms with van der Waals surface area (Å²) in [5, 5.41) is 0.543. The third-order valence-electron chi connectivity index (χ3n) is 4.52. The summed E-state index contributed by atoms with van der Waals surface area (Å²) in [6, 6.07) is 9.59. The first-order valence-electron chi connectivity index (χ1n) is 8.51. The third-order valence-corrected chi connectivity index (χ3v) is 6.63. The number of hydrogen-bond acceptors (Lipinski definition) is 4. The predicted octanol–water partition coefficient (Wildman–Crippen LogP) is 3.79. The number of ether oxygens (including phenoxy) is 1. The highest BCUT2D eigenvalue weighted by molar-refractivity contribution is 7.89. The van der Waals surface area contributed by atoms with Crippen molar-refractivity contribution in [1.29, 1.82) is 0 Å². The van der Waals surface area contributed by atoms with Gasteiger partial charge < -0.3 is 4.74 Å². The Morgan fingerprint density at radius 1 is 1.22 bits per heavy atom. The number of carbonyl (C=O) groups excluding carboxylic acids is 1. The van der Waals surface area contributed by atoms with Gasteiger partial charge >= 0.3 is 5.97 Å². The number of benzene rings is 2. The van der Waals surface area contributed by atoms with Gasteiger partial charge in [0, 0.05) is 18.1 Å². The fraction of sp³-hybridized carbons (Fsp3) is 0.316. The van der Waals surface area contributed by atoms with E-state index in [4.69, 9.17) is 16.3 Å². The van der Waals surface area contributed by atoms with Crippen molar-refractivity contribution in [2.24, 2.45) is 5.92 Å². The molecule has 2 aromatic carbocycles. The predicted molar refractivity (Wildman–Crippen MR) is 99.7 cm³/mol. The minimum atomic E-state index is -3.79. The molecule has 0 bridgehead atoms. The van der Waals surface area contributed by atoms with Crippen molar-refractivity contribution >= 4 is 27.6 Å². The number of rotatable bonds is 4. The second-order valence-electron chi connectivity index (χ2n) is 6.49. The van der Waals surface area contributed by atoms with Crippen LogP contribution in [0.4, 0.5) is 4.39 Å². The van der Waals surface area contributed by atoms with E-state index in [1.165, 1.54) is 16.4 Å². The molecular formula is C19H19ClFNO4S. The van der Waals surface area contributed by atoms with Crippen LogP contribution < -0.4 is 4.74 Å². The van der Waals surface area contributed by atoms with Crippen LogP contribution in [0.1, 0.15) is 18.4 Å². The SMILES string of the molecule is Cc1cc(Cl)ccc1OC(=O)C1CCCN(S(=O)(=O)c2ccc(F)cc2)C1. The van der Waals surface area contributed by atoms with Crippen molar-refractivity contribution in [1.82, 2.24) is 4.31 Å². The van der Waals surface area contributed by atoms with Crippen molar-refractivity contribution in [2.75, 3.05) is 13.1 Å². The lowest BCUT2D eigenvalue weighted by molar-refractivity contribution is -0.140. The van der Waals surface area contributed by atoms with Gasteiger partial charge in [0.15, 0.2) is 0 Å². The Labute approximate surface area is 162 Å². The first kappa shape index (κ1) is 19.8. The molecule has 1 saturated heterocycles. The summed E-state index contributed by atoms with van der Waals surface area (Å²) in [5.74, 6) is -1.14. The highest BCUT2D eigenvalue weighted by Crippen LogP contribution is 2.27. The van der Waals surface area contributed by atoms with Crippen LogP contribution in [0, 0.1) is 18.7 Å². The van der Waals surface area contributed by atoms with Gasteiger partial charge in [0.1, 0.15) is 11.6 Å². The van der Waals surface area contributed by atoms with Gasteiger partial charge in [-0.25, -0.2) is 12.8 Å². The Morgan fingerprint density at radius 3 is 2.59 bits per heavy atom. The van der Waals surface area contributed by atoms with Crippen LogP contribution in [0.15, 0.2) is 47.4 Å². The third kappa shape index (κ3) is 4.48. The Hall–Kier alpha value is -1.96. The average Bonchev–Trinajstić information content (AvgIpc) is 2.64. The monoisotopic (exact) mass is 411 g/mol. The minimum absolute atomic E-state index is 0.00598. The Morgan fingerprint density at radius 2 is 1.93 bits per heavy atom. The summed E-state index contributed by atoms with van der Waals surface area (Å²) in [5.41, 5.74) is 0.724. The highest BCUT2D eigenvalue weighted by Gasteiger charge is 2.34. The van der Waals surface area contributed by atoms with Crippen LogP contribution in [-0.2, 0) is 14.8 Å². The molecule has 0 N–H and O–H groups in total. The molecule has 5 nitrogen and oxygen atoms in total. The van der Waals surface area contributed by atoms with Crippen LogP contribution in [0.2, 0.25) is 5.02 Å². The zero-order valence-electron chi connectivity index (χ0n) is 14.7. The number of nitrogens with zero attached hydrogens (tertiary/aromatic N) is 1. The van der Waals surface area contributed by atoms with Gasteiger partial charge in [-0.15, -0.1) is 0 Å². The van der Waals surface area contributed by atoms with Crippen LogP contribution in [0.5, 0.6) is 5.75 Å². The van der Waals surface area contributed by atoms with Gasteiger partial charge in [0.25, 0.3) is 0 Å². The number of piperidine rings is 1. The molecule has 1 heterocycles. The molecule has 1 aliphatic rings. The number of sulfonamides is 1. The summed E-state index contributed by atoms with van der Waals surface area (Å²) in [7, 11) is -3.79. The second kappa shape index (κ2) is 7.96. The molecule has 0 amide bonds. The van der Waals surface area contributed by atoms with Crippen molar-refractivity contribution in [3.05, 3.63) is 58.9 Å². The van der Waals surface area contributed by atoms with E-state index in [0.29, 0.717) is 30.2 Å². The maximum absolute atomic E-state index is 13.1. The van der Waals surface area contributed by atoms with Crippen LogP contribution >= 0.6 is 11.6 Å². The summed E-state index contributed by atoms with van der Waals surface area (Å²) in [4.78, 5) is 12.5. The minimum Gasteiger partial charge on any atom is -0.426 e. The van der Waals surface area contributed by atoms with Gasteiger partial charge in [-0.05, 0) is 67.8 Å². The maximum Gasteiger partial charge on any atom is 0.315 e. The highest BCUT2D eigenvalue weighted by atomic mass is 35.5. The lowest BCUT2D eigenvalue weighted by atomic mass is 10.00. The molecular weight excluding hydrogens is 393 g/mol. The molecule has 0 aliphatic carbocycles. The van der Waals surface area contributed by atoms with Crippen LogP contribution in [0.3, 0.4) is 0 Å². The smallest absolute Gasteiger partial charge is 0.315 e. The van der Waals surface area contributed by atoms with Gasteiger partial charge in [-0.3, -0.25) is 4.79 Å². The van der Waals surface area contributed by atoms with E-state index in [1.807, 2.05) is 0 Å². The summed E-state index contributed by atoms with van der Waals surface area (Å²) in [6.45, 7) is 2.12. The molecule has 144 valence electrons. The fourth-order valence-electron chi connectivity index (χ4n) is 3.03. The molecule has 1 aliphatic heterocycles. The molecule has 3 rings (SSSR count). The van der Waals surface area contributed by atoms with E-state index in [-0.39, 0.29) is 11.4 Å². The standard InChI is InChI=1S/C19H19ClFNO4S/c1-13-11-15(20)4-9-18(13)26-19(23)14-3-2-10-22(12-14)27(24,25)17-7-5-16(21)6-8-17/h4-9,11,14H,2-3,10,12H2,1H3. The Kier molecular flexibility index (Phi) is 5.83. The van der Waals surface area contributed by atoms with Crippen molar-refractivity contribution in [2.45, 2.75) is 24.7 Å². The van der Waals surface area contributed by atoms with Crippen molar-refractivity contribution < 1.29 is 22.3 Å². The molecule has 2 aromatic rings. The molecule has 0 saturated carbocycles. The van der Waals surface area contributed by atoms with Gasteiger partial charge in [-0.2, -0.15) is 4.31 Å². The molecule has 1 fully saturated rings. The van der Waals surface area contributed by atoms with Crippen LogP contribution in [0.25, 0.3) is 0 Å². The van der Waals surface area contributed by atoms with Gasteiger partial charge in [0.05, 0.1) is 10.8 Å². The van der Waals surface area contributed by atoms with Crippen LogP contribution in [-0.4, -0.2) is 31.8 Å². The zero-order valence-corrected chi connectivity index (χ0v) is 16.3. The second-order valence-corrected chi connectivity index (χ2v) is 8.86. The molecule has 27 heavy (non-hydrogen) atoms. The van der Waals surface area contributed by atoms with E-state index in [1.54, 1.807) is 25.1 Å². The first-order valence-corrected chi connectivity index (χ1v) is 10.3. The summed E-state index contributed by atoms with van der Waals surface area (Å²) in [6.07, 6.45) is 1.08. The van der Waals surface area contributed by atoms with Gasteiger partial charge in [0.2, 0.25) is 10.0 Å². The topological polar surface area (TPSA) is 63.7 Å². The molecule has 0 aromatic heterocycles. The molecule has 1 atom stereocenters. The number of hydrogen-bond donors (Lipinski definition) is 0. The van der Waals surface area contributed by atoms with Crippen molar-refractivity contribution in [3.63, 3.8) is 0 Å². The lowest BCUT2D eigenvalue weighted by Crippen LogP contribution is -2.43. The van der Waals surface area contributed by atoms with E-state index in [2.05, 4.69) is 0 Å². The summed E-state index contributed by atoms with van der Waals surface area (Å²) >= 11 is 5.90. The van der Waals surface area contributed by atoms with E-state index < -0.39 is 27.7 Å². The van der Waals surface area contributed by atoms with Gasteiger partial charge in [-0.1, -0.05) is 11.6 Å². The number of aryl methyl sites for hydroxylation is 1. The fourth-order valence-corrected chi connectivity index (χ4v) is 4.78. The first-order chi connectivity index (χ1) is 12.8. The molecule has 0 radical (unpaired) electrons. The zero-order chi connectivity index (χ0) is 19.6. The lowest BCUT2D eigenvalue weighted by Gasteiger charge is -2.30. The maximum atomic E-state index is 13.1. The normalized spacial score (nSPS) is 18.3. The molecule has 1 unspecified atom stereocenters. The Bertz CT molecular complexity index is 947. The quantitative estimate of drug-likeness (QED) is 0.567. The summed E-state index contributed by atoms with van der Waals surface area (Å²) < 4.78 is 45.3. The van der Waals surface area contributed by atoms with E-state index in [9.17, 15) is 17.6 Å². The Balaban J connectivity index is 1.73. The van der Waals surface area contributed by atoms with E-state index in [0.717, 1.165) is 17.7 Å². The van der Waals surface area contributed by atoms with E-state index >= 15 is 0 Å². The largest absolute Gasteiger partial charge is 0.426 e. The molecule has 8 heteroatoms.